The smallest absolute Gasteiger partial charge is 0.254 e. The zero-order valence-electron chi connectivity index (χ0n) is 11.9. The van der Waals surface area contributed by atoms with E-state index in [0.29, 0.717) is 12.1 Å². The highest BCUT2D eigenvalue weighted by Gasteiger charge is 2.26. The van der Waals surface area contributed by atoms with Crippen molar-refractivity contribution in [3.05, 3.63) is 29.8 Å². The van der Waals surface area contributed by atoms with Gasteiger partial charge in [-0.2, -0.15) is 0 Å². The largest absolute Gasteiger partial charge is 0.378 e. The van der Waals surface area contributed by atoms with Crippen LogP contribution >= 0.6 is 0 Å². The van der Waals surface area contributed by atoms with Gasteiger partial charge in [0.15, 0.2) is 0 Å². The summed E-state index contributed by atoms with van der Waals surface area (Å²) in [6.07, 6.45) is 0. The number of likely N-dealkylation sites (N-methyl/N-ethyl adjacent to an activating group) is 1. The van der Waals surface area contributed by atoms with Crippen molar-refractivity contribution in [2.24, 2.45) is 5.73 Å². The van der Waals surface area contributed by atoms with Gasteiger partial charge < -0.3 is 15.5 Å². The lowest BCUT2D eigenvalue weighted by molar-refractivity contribution is 0.0640. The zero-order chi connectivity index (χ0) is 13.9. The van der Waals surface area contributed by atoms with Gasteiger partial charge in [-0.3, -0.25) is 4.79 Å². The average Bonchev–Trinajstić information content (AvgIpc) is 2.37. The van der Waals surface area contributed by atoms with Crippen molar-refractivity contribution in [2.45, 2.75) is 19.4 Å². The Morgan fingerprint density at radius 2 is 1.89 bits per heavy atom. The van der Waals surface area contributed by atoms with E-state index in [1.807, 2.05) is 57.1 Å². The highest BCUT2D eigenvalue weighted by molar-refractivity contribution is 5.95. The summed E-state index contributed by atoms with van der Waals surface area (Å²) in [5.41, 5.74) is 7.06. The third-order valence-electron chi connectivity index (χ3n) is 3.32. The number of nitrogens with zero attached hydrogens (tertiary/aromatic N) is 2. The van der Waals surface area contributed by atoms with Crippen molar-refractivity contribution < 1.29 is 4.79 Å². The Hall–Kier alpha value is -1.55. The van der Waals surface area contributed by atoms with Crippen LogP contribution in [0, 0.1) is 0 Å². The van der Waals surface area contributed by atoms with Crippen LogP contribution < -0.4 is 10.6 Å². The Morgan fingerprint density at radius 1 is 1.28 bits per heavy atom. The van der Waals surface area contributed by atoms with Gasteiger partial charge in [-0.1, -0.05) is 6.07 Å². The average molecular weight is 249 g/mol. The minimum absolute atomic E-state index is 0.00542. The SMILES string of the molecule is CN(C)c1cccc(C(=O)N(C)C(C)(C)CN)c1. The first-order valence-corrected chi connectivity index (χ1v) is 6.05. The van der Waals surface area contributed by atoms with Crippen LogP contribution in [0.5, 0.6) is 0 Å². The molecule has 0 unspecified atom stereocenters. The molecule has 2 N–H and O–H groups in total. The molecule has 0 saturated heterocycles. The molecule has 18 heavy (non-hydrogen) atoms. The minimum Gasteiger partial charge on any atom is -0.378 e. The van der Waals surface area contributed by atoms with Gasteiger partial charge in [0.05, 0.1) is 0 Å². The second-order valence-corrected chi connectivity index (χ2v) is 5.33. The number of hydrogen-bond acceptors (Lipinski definition) is 3. The predicted octanol–water partition coefficient (Wildman–Crippen LogP) is 1.56. The highest BCUT2D eigenvalue weighted by atomic mass is 16.2. The Morgan fingerprint density at radius 3 is 2.39 bits per heavy atom. The topological polar surface area (TPSA) is 49.6 Å². The summed E-state index contributed by atoms with van der Waals surface area (Å²) in [6, 6.07) is 7.60. The molecule has 0 bridgehead atoms. The van der Waals surface area contributed by atoms with Crippen LogP contribution in [0.3, 0.4) is 0 Å². The summed E-state index contributed by atoms with van der Waals surface area (Å²) in [5.74, 6) is -0.00542. The van der Waals surface area contributed by atoms with E-state index in [4.69, 9.17) is 5.73 Å². The number of rotatable bonds is 4. The Kier molecular flexibility index (Phi) is 4.35. The van der Waals surface area contributed by atoms with E-state index in [-0.39, 0.29) is 11.4 Å². The molecule has 100 valence electrons. The molecule has 0 aliphatic heterocycles. The van der Waals surface area contributed by atoms with Gasteiger partial charge >= 0.3 is 0 Å². The van der Waals surface area contributed by atoms with E-state index in [1.165, 1.54) is 0 Å². The normalized spacial score (nSPS) is 11.2. The van der Waals surface area contributed by atoms with Crippen LogP contribution in [0.1, 0.15) is 24.2 Å². The van der Waals surface area contributed by atoms with Gasteiger partial charge in [0.2, 0.25) is 0 Å². The lowest BCUT2D eigenvalue weighted by Crippen LogP contribution is -2.50. The van der Waals surface area contributed by atoms with Crippen molar-refractivity contribution in [1.82, 2.24) is 4.90 Å². The summed E-state index contributed by atoms with van der Waals surface area (Å²) < 4.78 is 0. The van der Waals surface area contributed by atoms with Crippen LogP contribution in [0.15, 0.2) is 24.3 Å². The number of amides is 1. The molecule has 0 atom stereocenters. The molecule has 0 aliphatic carbocycles. The van der Waals surface area contributed by atoms with Crippen LogP contribution in [-0.4, -0.2) is 44.0 Å². The Labute approximate surface area is 109 Å². The molecule has 4 heteroatoms. The van der Waals surface area contributed by atoms with Gasteiger partial charge in [-0.15, -0.1) is 0 Å². The highest BCUT2D eigenvalue weighted by Crippen LogP contribution is 2.18. The number of carbonyl (C=O) groups is 1. The second-order valence-electron chi connectivity index (χ2n) is 5.33. The van der Waals surface area contributed by atoms with Gasteiger partial charge in [0.1, 0.15) is 0 Å². The standard InChI is InChI=1S/C14H23N3O/c1-14(2,10-15)17(5)13(18)11-7-6-8-12(9-11)16(3)4/h6-9H,10,15H2,1-5H3. The fourth-order valence-corrected chi connectivity index (χ4v) is 1.52. The second kappa shape index (κ2) is 5.40. The Bertz CT molecular complexity index is 427. The van der Waals surface area contributed by atoms with Crippen molar-refractivity contribution in [2.75, 3.05) is 32.6 Å². The van der Waals surface area contributed by atoms with E-state index < -0.39 is 0 Å². The summed E-state index contributed by atoms with van der Waals surface area (Å²) in [5, 5.41) is 0. The zero-order valence-corrected chi connectivity index (χ0v) is 11.9. The first-order chi connectivity index (χ1) is 8.29. The maximum Gasteiger partial charge on any atom is 0.254 e. The van der Waals surface area contributed by atoms with E-state index in [2.05, 4.69) is 0 Å². The molecule has 4 nitrogen and oxygen atoms in total. The molecule has 1 rings (SSSR count). The molecule has 0 aliphatic rings. The number of anilines is 1. The van der Waals surface area contributed by atoms with Gasteiger partial charge in [0.25, 0.3) is 5.91 Å². The predicted molar refractivity (Wildman–Crippen MR) is 76.0 cm³/mol. The van der Waals surface area contributed by atoms with Crippen molar-refractivity contribution in [3.8, 4) is 0 Å². The van der Waals surface area contributed by atoms with E-state index >= 15 is 0 Å². The van der Waals surface area contributed by atoms with Crippen LogP contribution in [-0.2, 0) is 0 Å². The summed E-state index contributed by atoms with van der Waals surface area (Å²) in [4.78, 5) is 16.1. The number of hydrogen-bond donors (Lipinski definition) is 1. The molecule has 0 saturated carbocycles. The lowest BCUT2D eigenvalue weighted by atomic mass is 10.0. The van der Waals surface area contributed by atoms with Crippen molar-refractivity contribution in [3.63, 3.8) is 0 Å². The molecule has 0 spiro atoms. The van der Waals surface area contributed by atoms with Crippen molar-refractivity contribution in [1.29, 1.82) is 0 Å². The molecular formula is C14H23N3O. The van der Waals surface area contributed by atoms with Gasteiger partial charge in [-0.05, 0) is 32.0 Å². The first-order valence-electron chi connectivity index (χ1n) is 6.05. The van der Waals surface area contributed by atoms with E-state index in [0.717, 1.165) is 5.69 Å². The monoisotopic (exact) mass is 249 g/mol. The fraction of sp³-hybridized carbons (Fsp3) is 0.500. The molecular weight excluding hydrogens is 226 g/mol. The molecule has 1 aromatic rings. The lowest BCUT2D eigenvalue weighted by Gasteiger charge is -2.34. The van der Waals surface area contributed by atoms with Gasteiger partial charge in [0, 0.05) is 44.5 Å². The first kappa shape index (κ1) is 14.5. The quantitative estimate of drug-likeness (QED) is 0.881. The number of nitrogens with two attached hydrogens (primary N) is 1. The molecule has 0 aromatic heterocycles. The summed E-state index contributed by atoms with van der Waals surface area (Å²) >= 11 is 0. The van der Waals surface area contributed by atoms with E-state index in [9.17, 15) is 4.79 Å². The maximum absolute atomic E-state index is 12.4. The summed E-state index contributed by atoms with van der Waals surface area (Å²) in [7, 11) is 5.70. The van der Waals surface area contributed by atoms with Crippen molar-refractivity contribution >= 4 is 11.6 Å². The maximum atomic E-state index is 12.4. The third kappa shape index (κ3) is 3.01. The third-order valence-corrected chi connectivity index (χ3v) is 3.32. The number of benzene rings is 1. The van der Waals surface area contributed by atoms with Crippen LogP contribution in [0.25, 0.3) is 0 Å². The van der Waals surface area contributed by atoms with E-state index in [1.54, 1.807) is 11.9 Å². The van der Waals surface area contributed by atoms with Gasteiger partial charge in [-0.25, -0.2) is 0 Å². The molecule has 0 heterocycles. The Balaban J connectivity index is 3.01. The minimum atomic E-state index is -0.342. The number of carbonyl (C=O) groups excluding carboxylic acids is 1. The molecule has 0 radical (unpaired) electrons. The fourth-order valence-electron chi connectivity index (χ4n) is 1.52. The summed E-state index contributed by atoms with van der Waals surface area (Å²) in [6.45, 7) is 4.35. The van der Waals surface area contributed by atoms with Crippen LogP contribution in [0.2, 0.25) is 0 Å². The molecule has 0 fully saturated rings. The molecule has 1 aromatic carbocycles. The molecule has 1 amide bonds. The van der Waals surface area contributed by atoms with Crippen LogP contribution in [0.4, 0.5) is 5.69 Å².